The van der Waals surface area contributed by atoms with Crippen LogP contribution in [0.1, 0.15) is 31.2 Å². The predicted molar refractivity (Wildman–Crippen MR) is 82.8 cm³/mol. The summed E-state index contributed by atoms with van der Waals surface area (Å²) in [4.78, 5) is 3.62. The van der Waals surface area contributed by atoms with Gasteiger partial charge in [0.05, 0.1) is 12.6 Å². The average Bonchev–Trinajstić information content (AvgIpc) is 2.71. The summed E-state index contributed by atoms with van der Waals surface area (Å²) in [5.41, 5.74) is 8.39. The molecule has 0 saturated carbocycles. The SMILES string of the molecule is CSc1cccc(N2CCCCCC2CO)c1CN. The second-order valence-electron chi connectivity index (χ2n) is 5.04. The van der Waals surface area contributed by atoms with E-state index >= 15 is 0 Å². The van der Waals surface area contributed by atoms with Gasteiger partial charge in [0.1, 0.15) is 0 Å². The van der Waals surface area contributed by atoms with Crippen LogP contribution in [0, 0.1) is 0 Å². The zero-order valence-electron chi connectivity index (χ0n) is 11.6. The minimum absolute atomic E-state index is 0.230. The molecule has 3 N–H and O–H groups in total. The molecule has 1 aromatic rings. The molecule has 1 unspecified atom stereocenters. The molecule has 1 aliphatic rings. The van der Waals surface area contributed by atoms with E-state index in [1.54, 1.807) is 11.8 Å². The zero-order valence-corrected chi connectivity index (χ0v) is 12.5. The van der Waals surface area contributed by atoms with E-state index in [9.17, 15) is 5.11 Å². The summed E-state index contributed by atoms with van der Waals surface area (Å²) in [6.07, 6.45) is 6.83. The largest absolute Gasteiger partial charge is 0.394 e. The van der Waals surface area contributed by atoms with Crippen molar-refractivity contribution in [2.75, 3.05) is 24.3 Å². The summed E-state index contributed by atoms with van der Waals surface area (Å²) in [7, 11) is 0. The number of aliphatic hydroxyl groups excluding tert-OH is 1. The Morgan fingerprint density at radius 2 is 2.21 bits per heavy atom. The predicted octanol–water partition coefficient (Wildman–Crippen LogP) is 2.61. The Bertz CT molecular complexity index is 411. The van der Waals surface area contributed by atoms with E-state index in [4.69, 9.17) is 5.73 Å². The highest BCUT2D eigenvalue weighted by Crippen LogP contribution is 2.32. The summed E-state index contributed by atoms with van der Waals surface area (Å²) in [6, 6.07) is 6.61. The molecule has 0 radical (unpaired) electrons. The summed E-state index contributed by atoms with van der Waals surface area (Å²) >= 11 is 1.74. The molecule has 0 bridgehead atoms. The molecule has 1 saturated heterocycles. The fourth-order valence-electron chi connectivity index (χ4n) is 2.90. The highest BCUT2D eigenvalue weighted by molar-refractivity contribution is 7.98. The van der Waals surface area contributed by atoms with Gasteiger partial charge < -0.3 is 15.7 Å². The Balaban J connectivity index is 2.37. The molecule has 4 heteroatoms. The quantitative estimate of drug-likeness (QED) is 0.832. The molecule has 3 nitrogen and oxygen atoms in total. The lowest BCUT2D eigenvalue weighted by Gasteiger charge is -2.33. The number of rotatable bonds is 4. The Labute approximate surface area is 120 Å². The maximum absolute atomic E-state index is 9.66. The molecule has 0 aromatic heterocycles. The lowest BCUT2D eigenvalue weighted by atomic mass is 10.1. The molecule has 106 valence electrons. The summed E-state index contributed by atoms with van der Waals surface area (Å²) < 4.78 is 0. The van der Waals surface area contributed by atoms with E-state index in [0.717, 1.165) is 13.0 Å². The molecule has 1 fully saturated rings. The van der Waals surface area contributed by atoms with Crippen molar-refractivity contribution in [1.82, 2.24) is 0 Å². The zero-order chi connectivity index (χ0) is 13.7. The van der Waals surface area contributed by atoms with Crippen LogP contribution in [-0.4, -0.2) is 30.6 Å². The molecule has 0 amide bonds. The van der Waals surface area contributed by atoms with Gasteiger partial charge in [-0.05, 0) is 31.2 Å². The third-order valence-corrected chi connectivity index (χ3v) is 4.75. The van der Waals surface area contributed by atoms with Crippen LogP contribution in [0.5, 0.6) is 0 Å². The van der Waals surface area contributed by atoms with E-state index < -0.39 is 0 Å². The van der Waals surface area contributed by atoms with E-state index in [1.807, 2.05) is 0 Å². The first-order chi connectivity index (χ1) is 9.31. The third kappa shape index (κ3) is 3.25. The fourth-order valence-corrected chi connectivity index (χ4v) is 3.55. The van der Waals surface area contributed by atoms with Crippen LogP contribution in [0.25, 0.3) is 0 Å². The van der Waals surface area contributed by atoms with Gasteiger partial charge in [0.25, 0.3) is 0 Å². The molecule has 1 aliphatic heterocycles. The number of hydrogen-bond donors (Lipinski definition) is 2. The summed E-state index contributed by atoms with van der Waals surface area (Å²) in [5.74, 6) is 0. The maximum Gasteiger partial charge on any atom is 0.0635 e. The number of hydrogen-bond acceptors (Lipinski definition) is 4. The molecule has 1 aromatic carbocycles. The van der Waals surface area contributed by atoms with E-state index in [2.05, 4.69) is 29.4 Å². The lowest BCUT2D eigenvalue weighted by molar-refractivity contribution is 0.255. The highest BCUT2D eigenvalue weighted by Gasteiger charge is 2.23. The Hall–Kier alpha value is -0.710. The van der Waals surface area contributed by atoms with Crippen molar-refractivity contribution in [2.24, 2.45) is 5.73 Å². The topological polar surface area (TPSA) is 49.5 Å². The van der Waals surface area contributed by atoms with Gasteiger partial charge in [-0.25, -0.2) is 0 Å². The van der Waals surface area contributed by atoms with Crippen molar-refractivity contribution in [3.05, 3.63) is 23.8 Å². The van der Waals surface area contributed by atoms with Crippen molar-refractivity contribution >= 4 is 17.4 Å². The van der Waals surface area contributed by atoms with E-state index in [1.165, 1.54) is 35.4 Å². The molecule has 0 spiro atoms. The van der Waals surface area contributed by atoms with Crippen LogP contribution in [-0.2, 0) is 6.54 Å². The summed E-state index contributed by atoms with van der Waals surface area (Å²) in [5, 5.41) is 9.66. The molecule has 1 atom stereocenters. The van der Waals surface area contributed by atoms with Crippen LogP contribution in [0.2, 0.25) is 0 Å². The second kappa shape index (κ2) is 7.17. The van der Waals surface area contributed by atoms with Gasteiger partial charge >= 0.3 is 0 Å². The molecular formula is C15H24N2OS. The van der Waals surface area contributed by atoms with Crippen molar-refractivity contribution in [1.29, 1.82) is 0 Å². The number of aliphatic hydroxyl groups is 1. The lowest BCUT2D eigenvalue weighted by Crippen LogP contribution is -2.38. The number of nitrogens with two attached hydrogens (primary N) is 1. The maximum atomic E-state index is 9.66. The summed E-state index contributed by atoms with van der Waals surface area (Å²) in [6.45, 7) is 1.81. The van der Waals surface area contributed by atoms with Crippen LogP contribution < -0.4 is 10.6 Å². The third-order valence-electron chi connectivity index (χ3n) is 3.93. The molecule has 0 aliphatic carbocycles. The number of thioether (sulfide) groups is 1. The van der Waals surface area contributed by atoms with Crippen molar-refractivity contribution in [3.63, 3.8) is 0 Å². The van der Waals surface area contributed by atoms with Crippen LogP contribution in [0.4, 0.5) is 5.69 Å². The van der Waals surface area contributed by atoms with Gasteiger partial charge in [-0.2, -0.15) is 0 Å². The van der Waals surface area contributed by atoms with Crippen molar-refractivity contribution in [3.8, 4) is 0 Å². The molecule has 1 heterocycles. The molecule has 2 rings (SSSR count). The first-order valence-corrected chi connectivity index (χ1v) is 8.27. The molecule has 19 heavy (non-hydrogen) atoms. The van der Waals surface area contributed by atoms with Crippen molar-refractivity contribution in [2.45, 2.75) is 43.2 Å². The van der Waals surface area contributed by atoms with Crippen molar-refractivity contribution < 1.29 is 5.11 Å². The Morgan fingerprint density at radius 3 is 2.89 bits per heavy atom. The first kappa shape index (κ1) is 14.7. The monoisotopic (exact) mass is 280 g/mol. The fraction of sp³-hybridized carbons (Fsp3) is 0.600. The average molecular weight is 280 g/mol. The second-order valence-corrected chi connectivity index (χ2v) is 5.89. The number of nitrogens with zero attached hydrogens (tertiary/aromatic N) is 1. The molecular weight excluding hydrogens is 256 g/mol. The number of anilines is 1. The van der Waals surface area contributed by atoms with Crippen LogP contribution in [0.3, 0.4) is 0 Å². The van der Waals surface area contributed by atoms with Gasteiger partial charge in [-0.3, -0.25) is 0 Å². The normalized spacial score (nSPS) is 20.4. The van der Waals surface area contributed by atoms with E-state index in [0.29, 0.717) is 6.54 Å². The van der Waals surface area contributed by atoms with Gasteiger partial charge in [0.15, 0.2) is 0 Å². The van der Waals surface area contributed by atoms with Gasteiger partial charge in [-0.15, -0.1) is 11.8 Å². The number of benzene rings is 1. The highest BCUT2D eigenvalue weighted by atomic mass is 32.2. The first-order valence-electron chi connectivity index (χ1n) is 7.05. The standard InChI is InChI=1S/C15H24N2OS/c1-19-15-8-5-7-14(13(15)10-16)17-9-4-2-3-6-12(17)11-18/h5,7-8,12,18H,2-4,6,9-11,16H2,1H3. The van der Waals surface area contributed by atoms with Gasteiger partial charge in [-0.1, -0.05) is 18.9 Å². The van der Waals surface area contributed by atoms with Gasteiger partial charge in [0.2, 0.25) is 0 Å². The minimum atomic E-state index is 0.230. The van der Waals surface area contributed by atoms with E-state index in [-0.39, 0.29) is 12.6 Å². The van der Waals surface area contributed by atoms with Crippen LogP contribution >= 0.6 is 11.8 Å². The van der Waals surface area contributed by atoms with Gasteiger partial charge in [0, 0.05) is 29.2 Å². The minimum Gasteiger partial charge on any atom is -0.394 e. The smallest absolute Gasteiger partial charge is 0.0635 e. The Kier molecular flexibility index (Phi) is 5.55. The Morgan fingerprint density at radius 1 is 1.37 bits per heavy atom. The van der Waals surface area contributed by atoms with Crippen LogP contribution in [0.15, 0.2) is 23.1 Å².